The molecule has 1 fully saturated rings. The maximum Gasteiger partial charge on any atom is 0.573 e. The Morgan fingerprint density at radius 2 is 1.23 bits per heavy atom. The zero-order valence-corrected chi connectivity index (χ0v) is 19.3. The summed E-state index contributed by atoms with van der Waals surface area (Å²) in [6.45, 7) is 0.370. The van der Waals surface area contributed by atoms with Crippen LogP contribution in [0.4, 0.5) is 48.3 Å². The van der Waals surface area contributed by atoms with Crippen molar-refractivity contribution in [1.29, 1.82) is 0 Å². The fourth-order valence-electron chi connectivity index (χ4n) is 4.06. The molecule has 0 aliphatic carbocycles. The van der Waals surface area contributed by atoms with Crippen molar-refractivity contribution >= 4 is 0 Å². The third kappa shape index (κ3) is 6.21. The van der Waals surface area contributed by atoms with E-state index in [4.69, 9.17) is 4.74 Å². The molecule has 0 amide bonds. The van der Waals surface area contributed by atoms with E-state index >= 15 is 0 Å². The Bertz CT molecular complexity index is 1310. The highest BCUT2D eigenvalue weighted by molar-refractivity contribution is 5.66. The summed E-state index contributed by atoms with van der Waals surface area (Å²) in [7, 11) is 0. The Labute approximate surface area is 212 Å². The maximum absolute atomic E-state index is 14.8. The molecule has 14 heteroatoms. The largest absolute Gasteiger partial charge is 0.573 e. The van der Waals surface area contributed by atoms with Gasteiger partial charge in [-0.15, -0.1) is 13.2 Å². The van der Waals surface area contributed by atoms with Crippen LogP contribution in [0, 0.1) is 34.9 Å². The number of hydrogen-bond acceptors (Lipinski definition) is 3. The van der Waals surface area contributed by atoms with Crippen molar-refractivity contribution < 1.29 is 62.5 Å². The Morgan fingerprint density at radius 1 is 0.667 bits per heavy atom. The van der Waals surface area contributed by atoms with E-state index in [1.165, 1.54) is 0 Å². The molecule has 3 aromatic rings. The van der Waals surface area contributed by atoms with Crippen LogP contribution in [0.25, 0.3) is 11.1 Å². The predicted octanol–water partition coefficient (Wildman–Crippen LogP) is 8.46. The first-order valence-corrected chi connectivity index (χ1v) is 11.1. The molecule has 0 N–H and O–H groups in total. The number of benzene rings is 3. The molecule has 1 aliphatic rings. The fourth-order valence-corrected chi connectivity index (χ4v) is 4.06. The van der Waals surface area contributed by atoms with Crippen LogP contribution in [0.3, 0.4) is 0 Å². The number of alkyl halides is 5. The topological polar surface area (TPSA) is 27.7 Å². The first-order valence-electron chi connectivity index (χ1n) is 11.1. The lowest BCUT2D eigenvalue weighted by molar-refractivity contribution is -0.276. The molecule has 0 spiro atoms. The first kappa shape index (κ1) is 28.5. The fraction of sp³-hybridized carbons (Fsp3) is 0.280. The molecule has 1 saturated heterocycles. The van der Waals surface area contributed by atoms with Crippen molar-refractivity contribution in [3.05, 3.63) is 82.4 Å². The van der Waals surface area contributed by atoms with Gasteiger partial charge in [0, 0.05) is 18.7 Å². The van der Waals surface area contributed by atoms with Crippen LogP contribution in [-0.2, 0) is 10.8 Å². The average Bonchev–Trinajstić information content (AvgIpc) is 2.80. The van der Waals surface area contributed by atoms with Gasteiger partial charge in [0.25, 0.3) is 0 Å². The molecular formula is C25H15F11O3. The molecule has 1 atom stereocenters. The van der Waals surface area contributed by atoms with Gasteiger partial charge in [-0.25, -0.2) is 26.3 Å². The van der Waals surface area contributed by atoms with Gasteiger partial charge in [-0.1, -0.05) is 0 Å². The number of rotatable bonds is 6. The SMILES string of the molecule is Fc1cc(OC(F)(F)c2c(F)cc(-c3c(F)cc(C4CCCCO4)cc3F)cc2F)cc(F)c1OC(F)(F)F. The van der Waals surface area contributed by atoms with Gasteiger partial charge in [0.15, 0.2) is 11.6 Å². The lowest BCUT2D eigenvalue weighted by atomic mass is 9.96. The Hall–Kier alpha value is -3.55. The van der Waals surface area contributed by atoms with E-state index in [2.05, 4.69) is 9.47 Å². The van der Waals surface area contributed by atoms with Crippen LogP contribution < -0.4 is 9.47 Å². The highest BCUT2D eigenvalue weighted by Crippen LogP contribution is 2.40. The molecule has 3 aromatic carbocycles. The molecule has 1 heterocycles. The van der Waals surface area contributed by atoms with Crippen molar-refractivity contribution in [2.45, 2.75) is 37.8 Å². The van der Waals surface area contributed by atoms with Crippen molar-refractivity contribution in [1.82, 2.24) is 0 Å². The summed E-state index contributed by atoms with van der Waals surface area (Å²) in [5.74, 6) is -14.3. The summed E-state index contributed by atoms with van der Waals surface area (Å²) in [6.07, 6.45) is -9.12. The second kappa shape index (κ2) is 10.5. The highest BCUT2D eigenvalue weighted by Gasteiger charge is 2.42. The van der Waals surface area contributed by atoms with Crippen LogP contribution in [0.15, 0.2) is 36.4 Å². The Balaban J connectivity index is 1.64. The van der Waals surface area contributed by atoms with Gasteiger partial charge >= 0.3 is 12.5 Å². The van der Waals surface area contributed by atoms with E-state index in [1.54, 1.807) is 0 Å². The van der Waals surface area contributed by atoms with Crippen molar-refractivity contribution in [2.75, 3.05) is 6.61 Å². The van der Waals surface area contributed by atoms with Gasteiger partial charge in [0.05, 0.1) is 11.7 Å². The summed E-state index contributed by atoms with van der Waals surface area (Å²) >= 11 is 0. The van der Waals surface area contributed by atoms with E-state index in [0.717, 1.165) is 25.0 Å². The molecule has 0 saturated carbocycles. The third-order valence-electron chi connectivity index (χ3n) is 5.67. The van der Waals surface area contributed by atoms with Crippen LogP contribution in [0.5, 0.6) is 11.5 Å². The second-order valence-electron chi connectivity index (χ2n) is 8.41. The zero-order valence-electron chi connectivity index (χ0n) is 19.3. The lowest BCUT2D eigenvalue weighted by Gasteiger charge is -2.23. The summed E-state index contributed by atoms with van der Waals surface area (Å²) in [6, 6.07) is 1.90. The van der Waals surface area contributed by atoms with Crippen LogP contribution in [-0.4, -0.2) is 13.0 Å². The minimum Gasteiger partial charge on any atom is -0.429 e. The molecule has 0 radical (unpaired) electrons. The van der Waals surface area contributed by atoms with E-state index in [-0.39, 0.29) is 29.8 Å². The zero-order chi connectivity index (χ0) is 28.7. The monoisotopic (exact) mass is 572 g/mol. The van der Waals surface area contributed by atoms with Crippen molar-refractivity contribution in [3.8, 4) is 22.6 Å². The smallest absolute Gasteiger partial charge is 0.429 e. The summed E-state index contributed by atoms with van der Waals surface area (Å²) in [4.78, 5) is 0. The first-order chi connectivity index (χ1) is 18.2. The number of ether oxygens (including phenoxy) is 3. The normalized spacial score (nSPS) is 16.3. The highest BCUT2D eigenvalue weighted by atomic mass is 19.4. The van der Waals surface area contributed by atoms with Gasteiger partial charge in [-0.3, -0.25) is 0 Å². The number of hydrogen-bond donors (Lipinski definition) is 0. The average molecular weight is 572 g/mol. The molecular weight excluding hydrogens is 557 g/mol. The molecule has 3 nitrogen and oxygen atoms in total. The third-order valence-corrected chi connectivity index (χ3v) is 5.67. The maximum atomic E-state index is 14.8. The molecule has 0 bridgehead atoms. The van der Waals surface area contributed by atoms with Crippen LogP contribution >= 0.6 is 0 Å². The number of halogens is 11. The summed E-state index contributed by atoms with van der Waals surface area (Å²) in [5.41, 5.74) is -3.68. The van der Waals surface area contributed by atoms with Gasteiger partial charge in [0.2, 0.25) is 5.75 Å². The molecule has 0 aromatic heterocycles. The van der Waals surface area contributed by atoms with E-state index in [1.807, 2.05) is 0 Å². The van der Waals surface area contributed by atoms with Gasteiger partial charge in [-0.2, -0.15) is 8.78 Å². The van der Waals surface area contributed by atoms with Crippen LogP contribution in [0.1, 0.15) is 36.5 Å². The van der Waals surface area contributed by atoms with Gasteiger partial charge < -0.3 is 14.2 Å². The molecule has 39 heavy (non-hydrogen) atoms. The summed E-state index contributed by atoms with van der Waals surface area (Å²) in [5, 5.41) is 0. The summed E-state index contributed by atoms with van der Waals surface area (Å²) < 4.78 is 165. The molecule has 4 rings (SSSR count). The predicted molar refractivity (Wildman–Crippen MR) is 112 cm³/mol. The van der Waals surface area contributed by atoms with E-state index in [0.29, 0.717) is 13.0 Å². The quantitative estimate of drug-likeness (QED) is 0.278. The van der Waals surface area contributed by atoms with E-state index < -0.39 is 81.7 Å². The molecule has 1 aliphatic heterocycles. The molecule has 210 valence electrons. The second-order valence-corrected chi connectivity index (χ2v) is 8.41. The lowest BCUT2D eigenvalue weighted by Crippen LogP contribution is -2.25. The standard InChI is InChI=1S/C25H15F11O3/c26-14-5-11(20-3-1-2-4-37-20)6-15(27)21(14)12-7-16(28)22(17(29)8-12)24(32,33)38-13-9-18(30)23(19(31)10-13)39-25(34,35)36/h5-10,20H,1-4H2. The van der Waals surface area contributed by atoms with Crippen molar-refractivity contribution in [3.63, 3.8) is 0 Å². The minimum absolute atomic E-state index is 0.134. The van der Waals surface area contributed by atoms with Gasteiger partial charge in [0.1, 0.15) is 34.6 Å². The van der Waals surface area contributed by atoms with Crippen LogP contribution in [0.2, 0.25) is 0 Å². The van der Waals surface area contributed by atoms with Crippen molar-refractivity contribution in [2.24, 2.45) is 0 Å². The minimum atomic E-state index is -5.52. The van der Waals surface area contributed by atoms with E-state index in [9.17, 15) is 48.3 Å². The molecule has 1 unspecified atom stereocenters. The Kier molecular flexibility index (Phi) is 7.70. The van der Waals surface area contributed by atoms with Gasteiger partial charge in [-0.05, 0) is 54.7 Å². The Morgan fingerprint density at radius 3 is 1.72 bits per heavy atom.